The monoisotopic (exact) mass is 589 g/mol. The number of nitrogens with zero attached hydrogens (tertiary/aromatic N) is 4. The average Bonchev–Trinajstić information content (AvgIpc) is 3.29. The summed E-state index contributed by atoms with van der Waals surface area (Å²) in [5.74, 6) is -2.76. The Morgan fingerprint density at radius 3 is 2.66 bits per heavy atom. The third-order valence-electron chi connectivity index (χ3n) is 5.29. The summed E-state index contributed by atoms with van der Waals surface area (Å²) in [5.41, 5.74) is 6.15. The number of carboxylic acid groups (broad SMARTS) is 2. The van der Waals surface area contributed by atoms with Crippen molar-refractivity contribution in [3.05, 3.63) is 46.9 Å². The number of amides is 2. The second kappa shape index (κ2) is 12.9. The number of hydrogen-bond donors (Lipinski definition) is 4. The summed E-state index contributed by atoms with van der Waals surface area (Å²) in [6, 6.07) is 2.53. The van der Waals surface area contributed by atoms with Gasteiger partial charge in [0.1, 0.15) is 29.9 Å². The standard InChI is InChI=1S/C21H20N6O7S3.Na.H/c1-34-25-14(12-9-37-21(22)23-12)17(30)24-15-18(31)27-16(20(32)33)10(8-36-19(15)27)7-35-11-2-4-26(5-3-11)6-13(28)29;;/h2-5,9,15,19H,6-8H2,1H3,(H4-,22,23,24,28,29,30,32,33);;/q;+1;-1/p+1/b25-14-;;/t15-,19-;;/m1../s1. The van der Waals surface area contributed by atoms with E-state index in [0.29, 0.717) is 17.1 Å². The van der Waals surface area contributed by atoms with Crippen LogP contribution in [-0.4, -0.2) is 79.6 Å². The molecule has 2 aliphatic rings. The molecule has 2 aliphatic heterocycles. The van der Waals surface area contributed by atoms with E-state index in [1.165, 1.54) is 45.5 Å². The second-order valence-corrected chi connectivity index (χ2v) is 10.7. The van der Waals surface area contributed by atoms with Crippen LogP contribution in [0.2, 0.25) is 0 Å². The van der Waals surface area contributed by atoms with Gasteiger partial charge in [-0.2, -0.15) is 4.57 Å². The van der Waals surface area contributed by atoms with Crippen LogP contribution < -0.4 is 45.2 Å². The SMILES string of the molecule is CO/N=C(\C(=O)N[C@@H]1C(=O)N2C(C(=O)O)=C(CSc3cc[n+](CC(=O)O)cc3)CS[C@H]12)c1csc(N)n1.[H-].[Na+]. The van der Waals surface area contributed by atoms with Gasteiger partial charge in [-0.1, -0.05) is 5.16 Å². The van der Waals surface area contributed by atoms with Gasteiger partial charge in [-0.3, -0.25) is 14.5 Å². The van der Waals surface area contributed by atoms with Crippen molar-refractivity contribution in [3.63, 3.8) is 0 Å². The number of nitrogen functional groups attached to an aromatic ring is 1. The Bertz CT molecular complexity index is 1320. The van der Waals surface area contributed by atoms with Crippen molar-refractivity contribution in [1.29, 1.82) is 0 Å². The Labute approximate surface area is 252 Å². The fourth-order valence-electron chi connectivity index (χ4n) is 3.67. The van der Waals surface area contributed by atoms with Gasteiger partial charge < -0.3 is 27.5 Å². The summed E-state index contributed by atoms with van der Waals surface area (Å²) in [7, 11) is 1.27. The van der Waals surface area contributed by atoms with E-state index >= 15 is 0 Å². The first-order chi connectivity index (χ1) is 17.7. The Morgan fingerprint density at radius 1 is 1.37 bits per heavy atom. The van der Waals surface area contributed by atoms with Crippen LogP contribution in [0.1, 0.15) is 7.12 Å². The molecule has 4 rings (SSSR count). The Hall–Kier alpha value is -2.63. The smallest absolute Gasteiger partial charge is 1.00 e. The van der Waals surface area contributed by atoms with Crippen molar-refractivity contribution >= 4 is 69.5 Å². The van der Waals surface area contributed by atoms with E-state index in [4.69, 9.17) is 15.7 Å². The summed E-state index contributed by atoms with van der Waals surface area (Å²) < 4.78 is 1.51. The number of pyridine rings is 1. The fourth-order valence-corrected chi connectivity index (χ4v) is 6.58. The molecule has 0 unspecified atom stereocenters. The summed E-state index contributed by atoms with van der Waals surface area (Å²) in [6.07, 6.45) is 3.25. The number of fused-ring (bicyclic) bond motifs is 1. The summed E-state index contributed by atoms with van der Waals surface area (Å²) >= 11 is 3.84. The maximum absolute atomic E-state index is 13.0. The third kappa shape index (κ3) is 6.50. The predicted molar refractivity (Wildman–Crippen MR) is 136 cm³/mol. The number of β-lactam (4-membered cyclic amide) rings is 1. The van der Waals surface area contributed by atoms with Crippen LogP contribution in [0.3, 0.4) is 0 Å². The number of thioether (sulfide) groups is 2. The molecule has 2 amide bonds. The number of aliphatic carboxylic acids is 2. The minimum atomic E-state index is -1.23. The van der Waals surface area contributed by atoms with E-state index in [1.807, 2.05) is 0 Å². The summed E-state index contributed by atoms with van der Waals surface area (Å²) in [4.78, 5) is 59.5. The van der Waals surface area contributed by atoms with E-state index < -0.39 is 35.2 Å². The molecule has 38 heavy (non-hydrogen) atoms. The van der Waals surface area contributed by atoms with Crippen LogP contribution in [0.25, 0.3) is 0 Å². The molecule has 0 saturated carbocycles. The number of oxime groups is 1. The molecule has 0 radical (unpaired) electrons. The van der Waals surface area contributed by atoms with Crippen LogP contribution in [0.4, 0.5) is 5.13 Å². The van der Waals surface area contributed by atoms with Gasteiger partial charge in [-0.05, 0) is 5.57 Å². The number of nitrogens with two attached hydrogens (primary N) is 1. The molecule has 196 valence electrons. The zero-order chi connectivity index (χ0) is 26.7. The van der Waals surface area contributed by atoms with E-state index in [-0.39, 0.29) is 59.8 Å². The maximum Gasteiger partial charge on any atom is 1.00 e. The van der Waals surface area contributed by atoms with Crippen molar-refractivity contribution in [2.24, 2.45) is 5.16 Å². The molecule has 2 aromatic heterocycles. The summed E-state index contributed by atoms with van der Waals surface area (Å²) in [5, 5.41) is 26.2. The summed E-state index contributed by atoms with van der Waals surface area (Å²) in [6.45, 7) is -0.164. The number of carbonyl (C=O) groups is 4. The molecule has 2 aromatic rings. The van der Waals surface area contributed by atoms with Gasteiger partial charge in [0.25, 0.3) is 11.8 Å². The number of thiazole rings is 1. The second-order valence-electron chi connectivity index (χ2n) is 7.70. The molecule has 2 atom stereocenters. The van der Waals surface area contributed by atoms with E-state index in [0.717, 1.165) is 16.2 Å². The first-order valence-electron chi connectivity index (χ1n) is 10.6. The van der Waals surface area contributed by atoms with Crippen LogP contribution in [0.5, 0.6) is 0 Å². The molecule has 0 spiro atoms. The van der Waals surface area contributed by atoms with Crippen LogP contribution in [0, 0.1) is 0 Å². The molecule has 0 aliphatic carbocycles. The van der Waals surface area contributed by atoms with Gasteiger partial charge in [-0.15, -0.1) is 34.9 Å². The molecule has 17 heteroatoms. The van der Waals surface area contributed by atoms with Gasteiger partial charge in [0.05, 0.1) is 0 Å². The van der Waals surface area contributed by atoms with Crippen LogP contribution in [0.15, 0.2) is 51.2 Å². The quantitative estimate of drug-likeness (QED) is 0.0556. The fraction of sp³-hybridized carbons (Fsp3) is 0.286. The van der Waals surface area contributed by atoms with Gasteiger partial charge in [-0.25, -0.2) is 14.6 Å². The van der Waals surface area contributed by atoms with Crippen molar-refractivity contribution in [2.45, 2.75) is 22.9 Å². The van der Waals surface area contributed by atoms with Gasteiger partial charge in [0.15, 0.2) is 23.2 Å². The number of anilines is 1. The topological polar surface area (TPSA) is 188 Å². The van der Waals surface area contributed by atoms with Crippen LogP contribution >= 0.6 is 34.9 Å². The molecule has 1 fully saturated rings. The van der Waals surface area contributed by atoms with Gasteiger partial charge in [0, 0.05) is 33.9 Å². The minimum absolute atomic E-state index is 0. The van der Waals surface area contributed by atoms with Crippen molar-refractivity contribution in [3.8, 4) is 0 Å². The zero-order valence-electron chi connectivity index (χ0n) is 21.2. The predicted octanol–water partition coefficient (Wildman–Crippen LogP) is -2.90. The Morgan fingerprint density at radius 2 is 2.08 bits per heavy atom. The van der Waals surface area contributed by atoms with Gasteiger partial charge >= 0.3 is 41.5 Å². The first-order valence-corrected chi connectivity index (χ1v) is 13.5. The van der Waals surface area contributed by atoms with Gasteiger partial charge in [0.2, 0.25) is 6.54 Å². The van der Waals surface area contributed by atoms with E-state index in [2.05, 4.69) is 15.5 Å². The zero-order valence-corrected chi connectivity index (χ0v) is 24.6. The molecule has 1 saturated heterocycles. The number of hydrogen-bond acceptors (Lipinski definition) is 11. The molecule has 0 bridgehead atoms. The van der Waals surface area contributed by atoms with E-state index in [1.54, 1.807) is 24.5 Å². The van der Waals surface area contributed by atoms with Crippen LogP contribution in [-0.2, 0) is 30.6 Å². The number of carboxylic acids is 2. The number of carbonyl (C=O) groups excluding carboxylic acids is 2. The molecule has 13 nitrogen and oxygen atoms in total. The molecular formula is C21H22N6NaO7S3+. The minimum Gasteiger partial charge on any atom is -1.00 e. The largest absolute Gasteiger partial charge is 1.00 e. The normalized spacial score (nSPS) is 18.7. The third-order valence-corrected chi connectivity index (χ3v) is 8.40. The number of nitrogens with one attached hydrogen (secondary N) is 1. The number of aromatic nitrogens is 2. The Balaban J connectivity index is 0.00000267. The Kier molecular flexibility index (Phi) is 10.2. The molecule has 5 N–H and O–H groups in total. The van der Waals surface area contributed by atoms with Crippen molar-refractivity contribution in [1.82, 2.24) is 15.2 Å². The van der Waals surface area contributed by atoms with Crippen molar-refractivity contribution < 1.29 is 69.8 Å². The first kappa shape index (κ1) is 29.9. The molecule has 4 heterocycles. The molecule has 0 aromatic carbocycles. The molecular weight excluding hydrogens is 567 g/mol. The average molecular weight is 590 g/mol. The maximum atomic E-state index is 13.0. The number of rotatable bonds is 10. The van der Waals surface area contributed by atoms with Crippen molar-refractivity contribution in [2.75, 3.05) is 24.3 Å². The van der Waals surface area contributed by atoms with E-state index in [9.17, 15) is 24.3 Å².